The summed E-state index contributed by atoms with van der Waals surface area (Å²) >= 11 is 2.11. The molecule has 1 heterocycles. The van der Waals surface area contributed by atoms with Crippen molar-refractivity contribution in [2.75, 3.05) is 18.8 Å². The van der Waals surface area contributed by atoms with Gasteiger partial charge in [0.2, 0.25) is 0 Å². The zero-order valence-corrected chi connectivity index (χ0v) is 8.70. The van der Waals surface area contributed by atoms with Gasteiger partial charge in [0, 0.05) is 24.4 Å². The van der Waals surface area contributed by atoms with Crippen molar-refractivity contribution in [2.45, 2.75) is 37.5 Å². The summed E-state index contributed by atoms with van der Waals surface area (Å²) in [4.78, 5) is 0. The molecule has 0 amide bonds. The Hall–Kier alpha value is 0.270. The van der Waals surface area contributed by atoms with Gasteiger partial charge in [-0.25, -0.2) is 0 Å². The highest BCUT2D eigenvalue weighted by molar-refractivity contribution is 7.99. The maximum Gasteiger partial charge on any atom is 0.0172 e. The second-order valence-electron chi connectivity index (χ2n) is 3.53. The molecule has 12 heavy (non-hydrogen) atoms. The fourth-order valence-corrected chi connectivity index (χ4v) is 2.64. The summed E-state index contributed by atoms with van der Waals surface area (Å²) in [7, 11) is 0. The standard InChI is InChI=1S/C9H20N2S/c1-8(6-10)11-7-9-4-2-3-5-12-9/h8-9,11H,2-7,10H2,1H3. The highest BCUT2D eigenvalue weighted by atomic mass is 32.2. The lowest BCUT2D eigenvalue weighted by Crippen LogP contribution is -2.38. The van der Waals surface area contributed by atoms with Gasteiger partial charge in [-0.2, -0.15) is 11.8 Å². The van der Waals surface area contributed by atoms with Crippen LogP contribution in [0.1, 0.15) is 26.2 Å². The van der Waals surface area contributed by atoms with Crippen LogP contribution >= 0.6 is 11.8 Å². The van der Waals surface area contributed by atoms with Gasteiger partial charge in [0.1, 0.15) is 0 Å². The lowest BCUT2D eigenvalue weighted by molar-refractivity contribution is 0.528. The normalized spacial score (nSPS) is 27.0. The first-order chi connectivity index (χ1) is 5.83. The average molecular weight is 188 g/mol. The summed E-state index contributed by atoms with van der Waals surface area (Å²) in [6.07, 6.45) is 4.21. The molecule has 3 N–H and O–H groups in total. The molecule has 0 bridgehead atoms. The van der Waals surface area contributed by atoms with Crippen LogP contribution in [-0.2, 0) is 0 Å². The van der Waals surface area contributed by atoms with Gasteiger partial charge in [-0.1, -0.05) is 6.42 Å². The monoisotopic (exact) mass is 188 g/mol. The van der Waals surface area contributed by atoms with E-state index in [2.05, 4.69) is 24.0 Å². The Morgan fingerprint density at radius 1 is 1.58 bits per heavy atom. The predicted molar refractivity (Wildman–Crippen MR) is 56.6 cm³/mol. The molecule has 1 rings (SSSR count). The molecular formula is C9H20N2S. The van der Waals surface area contributed by atoms with Gasteiger partial charge in [-0.05, 0) is 25.5 Å². The van der Waals surface area contributed by atoms with Crippen molar-refractivity contribution in [1.29, 1.82) is 0 Å². The van der Waals surface area contributed by atoms with Crippen LogP contribution in [0.4, 0.5) is 0 Å². The quantitative estimate of drug-likeness (QED) is 0.696. The third-order valence-electron chi connectivity index (χ3n) is 2.32. The van der Waals surface area contributed by atoms with Crippen molar-refractivity contribution in [3.8, 4) is 0 Å². The minimum Gasteiger partial charge on any atom is -0.329 e. The molecule has 0 saturated carbocycles. The number of hydrogen-bond acceptors (Lipinski definition) is 3. The third kappa shape index (κ3) is 3.78. The Morgan fingerprint density at radius 3 is 3.00 bits per heavy atom. The van der Waals surface area contributed by atoms with Gasteiger partial charge in [-0.3, -0.25) is 0 Å². The summed E-state index contributed by atoms with van der Waals surface area (Å²) in [6, 6.07) is 0.479. The van der Waals surface area contributed by atoms with E-state index >= 15 is 0 Å². The number of nitrogens with two attached hydrogens (primary N) is 1. The fraction of sp³-hybridized carbons (Fsp3) is 1.00. The maximum atomic E-state index is 5.52. The second-order valence-corrected chi connectivity index (χ2v) is 4.94. The number of thioether (sulfide) groups is 1. The summed E-state index contributed by atoms with van der Waals surface area (Å²) in [5, 5.41) is 4.30. The van der Waals surface area contributed by atoms with Crippen molar-refractivity contribution >= 4 is 11.8 Å². The maximum absolute atomic E-state index is 5.52. The first kappa shape index (κ1) is 10.4. The van der Waals surface area contributed by atoms with Crippen molar-refractivity contribution in [2.24, 2.45) is 5.73 Å². The Kier molecular flexibility index (Phi) is 5.04. The van der Waals surface area contributed by atoms with E-state index in [0.29, 0.717) is 6.04 Å². The first-order valence-corrected chi connectivity index (χ1v) is 5.93. The highest BCUT2D eigenvalue weighted by Gasteiger charge is 2.13. The van der Waals surface area contributed by atoms with Crippen LogP contribution in [0.2, 0.25) is 0 Å². The summed E-state index contributed by atoms with van der Waals surface area (Å²) in [5.41, 5.74) is 5.52. The molecule has 2 atom stereocenters. The van der Waals surface area contributed by atoms with Gasteiger partial charge >= 0.3 is 0 Å². The van der Waals surface area contributed by atoms with Crippen molar-refractivity contribution in [3.05, 3.63) is 0 Å². The van der Waals surface area contributed by atoms with Gasteiger partial charge < -0.3 is 11.1 Å². The molecule has 72 valence electrons. The summed E-state index contributed by atoms with van der Waals surface area (Å²) < 4.78 is 0. The molecule has 1 aliphatic heterocycles. The summed E-state index contributed by atoms with van der Waals surface area (Å²) in [5.74, 6) is 1.35. The molecule has 0 aromatic carbocycles. The van der Waals surface area contributed by atoms with Gasteiger partial charge in [0.05, 0.1) is 0 Å². The molecule has 1 fully saturated rings. The minimum atomic E-state index is 0.479. The molecule has 1 aliphatic rings. The van der Waals surface area contributed by atoms with Crippen molar-refractivity contribution in [1.82, 2.24) is 5.32 Å². The van der Waals surface area contributed by atoms with Crippen LogP contribution in [0.25, 0.3) is 0 Å². The molecule has 1 saturated heterocycles. The fourth-order valence-electron chi connectivity index (χ4n) is 1.38. The van der Waals surface area contributed by atoms with E-state index < -0.39 is 0 Å². The van der Waals surface area contributed by atoms with E-state index in [9.17, 15) is 0 Å². The Labute approximate surface area is 79.7 Å². The zero-order valence-electron chi connectivity index (χ0n) is 7.88. The molecule has 0 spiro atoms. The average Bonchev–Trinajstić information content (AvgIpc) is 2.16. The van der Waals surface area contributed by atoms with Crippen LogP contribution in [0.5, 0.6) is 0 Å². The molecule has 0 aromatic heterocycles. The van der Waals surface area contributed by atoms with E-state index in [0.717, 1.165) is 18.3 Å². The van der Waals surface area contributed by atoms with E-state index in [1.165, 1.54) is 25.0 Å². The van der Waals surface area contributed by atoms with Crippen LogP contribution in [0.15, 0.2) is 0 Å². The van der Waals surface area contributed by atoms with Crippen LogP contribution in [0, 0.1) is 0 Å². The van der Waals surface area contributed by atoms with E-state index in [4.69, 9.17) is 5.73 Å². The molecule has 0 radical (unpaired) electrons. The molecular weight excluding hydrogens is 168 g/mol. The number of nitrogens with one attached hydrogen (secondary N) is 1. The molecule has 0 aliphatic carbocycles. The van der Waals surface area contributed by atoms with Crippen LogP contribution in [0.3, 0.4) is 0 Å². The molecule has 2 unspecified atom stereocenters. The number of rotatable bonds is 4. The molecule has 0 aromatic rings. The number of hydrogen-bond donors (Lipinski definition) is 2. The van der Waals surface area contributed by atoms with Gasteiger partial charge in [0.15, 0.2) is 0 Å². The third-order valence-corrected chi connectivity index (χ3v) is 3.72. The Morgan fingerprint density at radius 2 is 2.42 bits per heavy atom. The van der Waals surface area contributed by atoms with E-state index in [-0.39, 0.29) is 0 Å². The topological polar surface area (TPSA) is 38.0 Å². The SMILES string of the molecule is CC(CN)NCC1CCCCS1. The lowest BCUT2D eigenvalue weighted by Gasteiger charge is -2.23. The molecule has 3 heteroatoms. The second kappa shape index (κ2) is 5.84. The van der Waals surface area contributed by atoms with Crippen molar-refractivity contribution in [3.63, 3.8) is 0 Å². The zero-order chi connectivity index (χ0) is 8.81. The van der Waals surface area contributed by atoms with Gasteiger partial charge in [0.25, 0.3) is 0 Å². The highest BCUT2D eigenvalue weighted by Crippen LogP contribution is 2.24. The smallest absolute Gasteiger partial charge is 0.0172 e. The molecule has 2 nitrogen and oxygen atoms in total. The first-order valence-electron chi connectivity index (χ1n) is 4.88. The van der Waals surface area contributed by atoms with Crippen LogP contribution in [-0.4, -0.2) is 30.1 Å². The van der Waals surface area contributed by atoms with E-state index in [1.807, 2.05) is 0 Å². The van der Waals surface area contributed by atoms with Crippen LogP contribution < -0.4 is 11.1 Å². The predicted octanol–water partition coefficient (Wildman–Crippen LogP) is 1.21. The largest absolute Gasteiger partial charge is 0.329 e. The summed E-state index contributed by atoms with van der Waals surface area (Å²) in [6.45, 7) is 4.04. The minimum absolute atomic E-state index is 0.479. The lowest BCUT2D eigenvalue weighted by atomic mass is 10.2. The Bertz CT molecular complexity index is 113. The van der Waals surface area contributed by atoms with E-state index in [1.54, 1.807) is 0 Å². The van der Waals surface area contributed by atoms with Gasteiger partial charge in [-0.15, -0.1) is 0 Å². The Balaban J connectivity index is 2.05. The van der Waals surface area contributed by atoms with Crippen molar-refractivity contribution < 1.29 is 0 Å².